The van der Waals surface area contributed by atoms with Crippen LogP contribution in [-0.2, 0) is 0 Å². The molecule has 0 aliphatic carbocycles. The maximum Gasteiger partial charge on any atom is 0.254 e. The molecule has 1 atom stereocenters. The number of halogens is 1. The molecule has 1 aliphatic heterocycles. The highest BCUT2D eigenvalue weighted by Crippen LogP contribution is 2.32. The van der Waals surface area contributed by atoms with E-state index in [1.807, 2.05) is 29.2 Å². The Balaban J connectivity index is 1.55. The van der Waals surface area contributed by atoms with E-state index in [4.69, 9.17) is 0 Å². The number of likely N-dealkylation sites (tertiary alicyclic amines) is 1. The number of aromatic nitrogens is 3. The Bertz CT molecular complexity index is 963. The van der Waals surface area contributed by atoms with Crippen LogP contribution < -0.4 is 0 Å². The largest absolute Gasteiger partial charge is 0.328 e. The van der Waals surface area contributed by atoms with Gasteiger partial charge >= 0.3 is 0 Å². The second kappa shape index (κ2) is 7.54. The minimum atomic E-state index is -0.296. The van der Waals surface area contributed by atoms with Crippen LogP contribution in [0.25, 0.3) is 11.4 Å². The SMILES string of the molecule is CC(C)c1ccc(C(=O)N2CCC[C@H]2c2nc(-c3ccc(F)cc3)n[nH]2)cc1. The highest BCUT2D eigenvalue weighted by atomic mass is 19.1. The molecule has 1 saturated heterocycles. The van der Waals surface area contributed by atoms with Gasteiger partial charge in [-0.2, -0.15) is 5.10 Å². The number of carbonyl (C=O) groups excluding carboxylic acids is 1. The van der Waals surface area contributed by atoms with E-state index >= 15 is 0 Å². The zero-order chi connectivity index (χ0) is 19.7. The van der Waals surface area contributed by atoms with Crippen LogP contribution in [0.4, 0.5) is 4.39 Å². The van der Waals surface area contributed by atoms with Gasteiger partial charge in [0.1, 0.15) is 11.6 Å². The summed E-state index contributed by atoms with van der Waals surface area (Å²) in [5, 5.41) is 7.23. The number of nitrogens with zero attached hydrogens (tertiary/aromatic N) is 3. The van der Waals surface area contributed by atoms with E-state index in [2.05, 4.69) is 29.0 Å². The van der Waals surface area contributed by atoms with Crippen LogP contribution in [-0.4, -0.2) is 32.5 Å². The number of amides is 1. The van der Waals surface area contributed by atoms with Crippen LogP contribution in [0.5, 0.6) is 0 Å². The lowest BCUT2D eigenvalue weighted by Crippen LogP contribution is -2.31. The molecule has 1 aromatic heterocycles. The van der Waals surface area contributed by atoms with Gasteiger partial charge in [0.25, 0.3) is 5.91 Å². The van der Waals surface area contributed by atoms with Gasteiger partial charge in [-0.05, 0) is 60.7 Å². The molecule has 0 radical (unpaired) electrons. The minimum Gasteiger partial charge on any atom is -0.328 e. The minimum absolute atomic E-state index is 0.0116. The van der Waals surface area contributed by atoms with Gasteiger partial charge in [-0.15, -0.1) is 0 Å². The molecule has 2 heterocycles. The zero-order valence-corrected chi connectivity index (χ0v) is 16.0. The number of H-pyrrole nitrogens is 1. The van der Waals surface area contributed by atoms with Crippen molar-refractivity contribution in [3.63, 3.8) is 0 Å². The molecule has 5 nitrogen and oxygen atoms in total. The molecule has 3 aromatic rings. The quantitative estimate of drug-likeness (QED) is 0.715. The number of aromatic amines is 1. The maximum absolute atomic E-state index is 13.1. The van der Waals surface area contributed by atoms with Crippen molar-refractivity contribution in [3.05, 3.63) is 71.3 Å². The van der Waals surface area contributed by atoms with Crippen molar-refractivity contribution in [1.29, 1.82) is 0 Å². The van der Waals surface area contributed by atoms with Crippen molar-refractivity contribution >= 4 is 5.91 Å². The summed E-state index contributed by atoms with van der Waals surface area (Å²) in [5.41, 5.74) is 2.65. The Morgan fingerprint density at radius 1 is 1.14 bits per heavy atom. The Labute approximate surface area is 163 Å². The molecule has 0 saturated carbocycles. The Kier molecular flexibility index (Phi) is 4.94. The van der Waals surface area contributed by atoms with E-state index in [9.17, 15) is 9.18 Å². The van der Waals surface area contributed by atoms with Crippen molar-refractivity contribution in [1.82, 2.24) is 20.1 Å². The fourth-order valence-corrected chi connectivity index (χ4v) is 3.62. The first-order valence-electron chi connectivity index (χ1n) is 9.62. The van der Waals surface area contributed by atoms with Crippen molar-refractivity contribution in [3.8, 4) is 11.4 Å². The molecular weight excluding hydrogens is 355 g/mol. The van der Waals surface area contributed by atoms with Crippen LogP contribution in [0.2, 0.25) is 0 Å². The smallest absolute Gasteiger partial charge is 0.254 e. The summed E-state index contributed by atoms with van der Waals surface area (Å²) in [6.07, 6.45) is 1.76. The summed E-state index contributed by atoms with van der Waals surface area (Å²) in [6, 6.07) is 13.8. The van der Waals surface area contributed by atoms with Crippen LogP contribution in [0.1, 0.15) is 60.4 Å². The topological polar surface area (TPSA) is 61.9 Å². The summed E-state index contributed by atoms with van der Waals surface area (Å²) < 4.78 is 13.1. The Morgan fingerprint density at radius 2 is 1.86 bits per heavy atom. The number of rotatable bonds is 4. The molecular formula is C22H23FN4O. The molecule has 0 spiro atoms. The summed E-state index contributed by atoms with van der Waals surface area (Å²) in [7, 11) is 0. The van der Waals surface area contributed by atoms with Gasteiger partial charge in [-0.25, -0.2) is 9.37 Å². The molecule has 6 heteroatoms. The third-order valence-corrected chi connectivity index (χ3v) is 5.26. The van der Waals surface area contributed by atoms with Crippen LogP contribution in [0, 0.1) is 5.82 Å². The maximum atomic E-state index is 13.1. The van der Waals surface area contributed by atoms with E-state index in [0.29, 0.717) is 29.7 Å². The summed E-state index contributed by atoms with van der Waals surface area (Å²) in [6.45, 7) is 4.97. The lowest BCUT2D eigenvalue weighted by Gasteiger charge is -2.23. The molecule has 28 heavy (non-hydrogen) atoms. The van der Waals surface area contributed by atoms with Crippen molar-refractivity contribution < 1.29 is 9.18 Å². The number of hydrogen-bond donors (Lipinski definition) is 1. The first-order chi connectivity index (χ1) is 13.5. The van der Waals surface area contributed by atoms with Gasteiger partial charge in [-0.3, -0.25) is 9.89 Å². The van der Waals surface area contributed by atoms with Gasteiger partial charge in [0.15, 0.2) is 5.82 Å². The number of carbonyl (C=O) groups is 1. The van der Waals surface area contributed by atoms with Crippen LogP contribution in [0.15, 0.2) is 48.5 Å². The zero-order valence-electron chi connectivity index (χ0n) is 16.0. The number of nitrogens with one attached hydrogen (secondary N) is 1. The van der Waals surface area contributed by atoms with E-state index in [0.717, 1.165) is 18.4 Å². The third kappa shape index (κ3) is 3.54. The molecule has 144 valence electrons. The third-order valence-electron chi connectivity index (χ3n) is 5.26. The van der Waals surface area contributed by atoms with Crippen molar-refractivity contribution in [2.75, 3.05) is 6.54 Å². The first-order valence-corrected chi connectivity index (χ1v) is 9.62. The molecule has 1 N–H and O–H groups in total. The van der Waals surface area contributed by atoms with Crippen molar-refractivity contribution in [2.24, 2.45) is 0 Å². The van der Waals surface area contributed by atoms with E-state index in [1.165, 1.54) is 17.7 Å². The average molecular weight is 378 g/mol. The van der Waals surface area contributed by atoms with Crippen LogP contribution in [0.3, 0.4) is 0 Å². The molecule has 1 aliphatic rings. The Hall–Kier alpha value is -3.02. The molecule has 1 fully saturated rings. The van der Waals surface area contributed by atoms with Gasteiger partial charge in [-0.1, -0.05) is 26.0 Å². The second-order valence-electron chi connectivity index (χ2n) is 7.48. The molecule has 0 unspecified atom stereocenters. The highest BCUT2D eigenvalue weighted by molar-refractivity contribution is 5.94. The van der Waals surface area contributed by atoms with Crippen LogP contribution >= 0.6 is 0 Å². The van der Waals surface area contributed by atoms with E-state index in [1.54, 1.807) is 12.1 Å². The normalized spacial score (nSPS) is 16.7. The Morgan fingerprint density at radius 3 is 2.54 bits per heavy atom. The fourth-order valence-electron chi connectivity index (χ4n) is 3.62. The average Bonchev–Trinajstić information content (AvgIpc) is 3.37. The highest BCUT2D eigenvalue weighted by Gasteiger charge is 2.33. The molecule has 4 rings (SSSR count). The molecule has 0 bridgehead atoms. The van der Waals surface area contributed by atoms with Crippen molar-refractivity contribution in [2.45, 2.75) is 38.6 Å². The lowest BCUT2D eigenvalue weighted by atomic mass is 10.0. The summed E-state index contributed by atoms with van der Waals surface area (Å²) in [5.74, 6) is 1.33. The number of benzene rings is 2. The predicted molar refractivity (Wildman–Crippen MR) is 105 cm³/mol. The van der Waals surface area contributed by atoms with E-state index < -0.39 is 0 Å². The first kappa shape index (κ1) is 18.3. The van der Waals surface area contributed by atoms with Gasteiger partial charge < -0.3 is 4.90 Å². The van der Waals surface area contributed by atoms with Gasteiger partial charge in [0, 0.05) is 17.7 Å². The lowest BCUT2D eigenvalue weighted by molar-refractivity contribution is 0.0730. The molecule has 2 aromatic carbocycles. The summed E-state index contributed by atoms with van der Waals surface area (Å²) in [4.78, 5) is 19.5. The van der Waals surface area contributed by atoms with Gasteiger partial charge in [0.2, 0.25) is 0 Å². The van der Waals surface area contributed by atoms with E-state index in [-0.39, 0.29) is 17.8 Å². The number of hydrogen-bond acceptors (Lipinski definition) is 3. The molecule has 1 amide bonds. The standard InChI is InChI=1S/C22H23FN4O/c1-14(2)15-5-7-17(8-6-15)22(28)27-13-3-4-19(27)21-24-20(25-26-21)16-9-11-18(23)12-10-16/h5-12,14,19H,3-4,13H2,1-2H3,(H,24,25,26)/t19-/m0/s1. The predicted octanol–water partition coefficient (Wildman–Crippen LogP) is 4.71. The fraction of sp³-hybridized carbons (Fsp3) is 0.318. The van der Waals surface area contributed by atoms with Gasteiger partial charge in [0.05, 0.1) is 6.04 Å². The second-order valence-corrected chi connectivity index (χ2v) is 7.48. The monoisotopic (exact) mass is 378 g/mol. The summed E-state index contributed by atoms with van der Waals surface area (Å²) >= 11 is 0.